The molecule has 0 aliphatic carbocycles. The molecule has 0 fully saturated rings. The first kappa shape index (κ1) is 12.5. The number of ether oxygens (including phenoxy) is 1. The number of nitrogens with zero attached hydrogens (tertiary/aromatic N) is 1. The molecule has 0 bridgehead atoms. The van der Waals surface area contributed by atoms with E-state index in [9.17, 15) is 4.79 Å². The molecule has 1 heterocycles. The number of rotatable bonds is 3. The van der Waals surface area contributed by atoms with Crippen LogP contribution in [0.2, 0.25) is 0 Å². The molecule has 3 N–H and O–H groups in total. The van der Waals surface area contributed by atoms with Crippen LogP contribution < -0.4 is 5.73 Å². The summed E-state index contributed by atoms with van der Waals surface area (Å²) in [7, 11) is 1.34. The number of nitrogen functional groups attached to an aromatic ring is 1. The predicted molar refractivity (Wildman–Crippen MR) is 69.6 cm³/mol. The second-order valence-corrected chi connectivity index (χ2v) is 4.75. The summed E-state index contributed by atoms with van der Waals surface area (Å²) in [5, 5.41) is 0.759. The van der Waals surface area contributed by atoms with Crippen molar-refractivity contribution < 1.29 is 9.53 Å². The molecule has 0 radical (unpaired) electrons. The number of aromatic nitrogens is 2. The van der Waals surface area contributed by atoms with Crippen LogP contribution in [0, 0.1) is 6.92 Å². The third kappa shape index (κ3) is 2.48. The van der Waals surface area contributed by atoms with E-state index in [4.69, 9.17) is 10.5 Å². The Kier molecular flexibility index (Phi) is 3.57. The number of hydrogen-bond donors (Lipinski definition) is 2. The molecule has 0 aliphatic heterocycles. The molecular formula is C12H13N3O2S. The van der Waals surface area contributed by atoms with Gasteiger partial charge in [-0.25, -0.2) is 9.78 Å². The first-order valence-electron chi connectivity index (χ1n) is 5.27. The van der Waals surface area contributed by atoms with Crippen molar-refractivity contribution in [2.24, 2.45) is 0 Å². The van der Waals surface area contributed by atoms with Crippen molar-refractivity contribution in [3.63, 3.8) is 0 Å². The molecule has 0 saturated heterocycles. The number of methoxy groups -OCH3 is 1. The molecule has 2 rings (SSSR count). The number of aromatic amines is 1. The summed E-state index contributed by atoms with van der Waals surface area (Å²) in [5.41, 5.74) is 7.54. The van der Waals surface area contributed by atoms with Crippen LogP contribution in [0.3, 0.4) is 0 Å². The van der Waals surface area contributed by atoms with Gasteiger partial charge in [-0.15, -0.1) is 0 Å². The Labute approximate surface area is 109 Å². The van der Waals surface area contributed by atoms with Crippen LogP contribution in [-0.2, 0) is 4.74 Å². The number of nitrogens with one attached hydrogen (secondary N) is 1. The van der Waals surface area contributed by atoms with Crippen LogP contribution in [0.25, 0.3) is 0 Å². The van der Waals surface area contributed by atoms with E-state index in [0.29, 0.717) is 11.3 Å². The maximum atomic E-state index is 11.6. The molecule has 0 unspecified atom stereocenters. The average Bonchev–Trinajstić information content (AvgIpc) is 2.85. The molecule has 0 atom stereocenters. The van der Waals surface area contributed by atoms with Gasteiger partial charge in [0.15, 0.2) is 5.16 Å². The Morgan fingerprint density at radius 3 is 2.89 bits per heavy atom. The summed E-state index contributed by atoms with van der Waals surface area (Å²) in [6, 6.07) is 3.62. The van der Waals surface area contributed by atoms with Crippen LogP contribution in [-0.4, -0.2) is 23.0 Å². The normalized spacial score (nSPS) is 10.3. The van der Waals surface area contributed by atoms with E-state index in [-0.39, 0.29) is 0 Å². The van der Waals surface area contributed by atoms with Crippen molar-refractivity contribution in [2.75, 3.05) is 12.8 Å². The largest absolute Gasteiger partial charge is 0.465 e. The Morgan fingerprint density at radius 1 is 1.50 bits per heavy atom. The molecule has 0 amide bonds. The van der Waals surface area contributed by atoms with Gasteiger partial charge in [-0.3, -0.25) is 0 Å². The lowest BCUT2D eigenvalue weighted by atomic mass is 10.1. The van der Waals surface area contributed by atoms with Gasteiger partial charge in [0.05, 0.1) is 12.7 Å². The fourth-order valence-electron chi connectivity index (χ4n) is 1.52. The molecule has 0 spiro atoms. The number of anilines is 1. The average molecular weight is 263 g/mol. The quantitative estimate of drug-likeness (QED) is 0.655. The predicted octanol–water partition coefficient (Wildman–Crippen LogP) is 2.24. The first-order valence-corrected chi connectivity index (χ1v) is 6.09. The van der Waals surface area contributed by atoms with E-state index < -0.39 is 5.97 Å². The minimum atomic E-state index is -0.433. The van der Waals surface area contributed by atoms with Crippen molar-refractivity contribution in [2.45, 2.75) is 17.0 Å². The van der Waals surface area contributed by atoms with Crippen molar-refractivity contribution in [1.29, 1.82) is 0 Å². The zero-order chi connectivity index (χ0) is 13.1. The summed E-state index contributed by atoms with van der Waals surface area (Å²) in [6.07, 6.45) is 3.42. The highest BCUT2D eigenvalue weighted by atomic mass is 32.2. The summed E-state index contributed by atoms with van der Waals surface area (Å²) in [6.45, 7) is 1.86. The smallest absolute Gasteiger partial charge is 0.340 e. The van der Waals surface area contributed by atoms with Crippen molar-refractivity contribution in [3.05, 3.63) is 35.7 Å². The number of hydrogen-bond acceptors (Lipinski definition) is 5. The lowest BCUT2D eigenvalue weighted by Gasteiger charge is -2.09. The zero-order valence-electron chi connectivity index (χ0n) is 10.1. The minimum absolute atomic E-state index is 0.381. The van der Waals surface area contributed by atoms with Crippen LogP contribution in [0.4, 0.5) is 5.69 Å². The lowest BCUT2D eigenvalue weighted by molar-refractivity contribution is 0.0601. The number of nitrogens with two attached hydrogens (primary N) is 1. The van der Waals surface area contributed by atoms with Gasteiger partial charge in [0, 0.05) is 23.0 Å². The van der Waals surface area contributed by atoms with Gasteiger partial charge in [0.1, 0.15) is 0 Å². The second kappa shape index (κ2) is 5.14. The van der Waals surface area contributed by atoms with E-state index in [0.717, 1.165) is 15.6 Å². The zero-order valence-corrected chi connectivity index (χ0v) is 10.9. The summed E-state index contributed by atoms with van der Waals surface area (Å²) < 4.78 is 4.71. The minimum Gasteiger partial charge on any atom is -0.465 e. The Morgan fingerprint density at radius 2 is 2.28 bits per heavy atom. The van der Waals surface area contributed by atoms with Gasteiger partial charge in [0.2, 0.25) is 0 Å². The van der Waals surface area contributed by atoms with E-state index in [1.54, 1.807) is 18.5 Å². The molecule has 1 aromatic heterocycles. The van der Waals surface area contributed by atoms with Crippen LogP contribution >= 0.6 is 11.8 Å². The highest BCUT2D eigenvalue weighted by Crippen LogP contribution is 2.30. The highest BCUT2D eigenvalue weighted by Gasteiger charge is 2.14. The standard InChI is InChI=1S/C12H13N3O2S/c1-7-5-8(18-12-14-3-4-15-12)6-9(10(7)13)11(16)17-2/h3-6H,13H2,1-2H3,(H,14,15). The monoisotopic (exact) mass is 263 g/mol. The van der Waals surface area contributed by atoms with E-state index in [1.807, 2.05) is 13.0 Å². The molecule has 0 saturated carbocycles. The van der Waals surface area contributed by atoms with E-state index >= 15 is 0 Å². The van der Waals surface area contributed by atoms with Gasteiger partial charge in [0.25, 0.3) is 0 Å². The van der Waals surface area contributed by atoms with Crippen molar-refractivity contribution >= 4 is 23.4 Å². The fourth-order valence-corrected chi connectivity index (χ4v) is 2.40. The van der Waals surface area contributed by atoms with E-state index in [1.165, 1.54) is 18.9 Å². The van der Waals surface area contributed by atoms with Crippen LogP contribution in [0.15, 0.2) is 34.6 Å². The molecular weight excluding hydrogens is 250 g/mol. The van der Waals surface area contributed by atoms with Crippen LogP contribution in [0.1, 0.15) is 15.9 Å². The van der Waals surface area contributed by atoms with Gasteiger partial charge < -0.3 is 15.5 Å². The molecule has 0 aliphatic rings. The molecule has 94 valence electrons. The topological polar surface area (TPSA) is 81.0 Å². The first-order chi connectivity index (χ1) is 8.61. The summed E-state index contributed by atoms with van der Waals surface area (Å²) in [5.74, 6) is -0.433. The molecule has 2 aromatic rings. The molecule has 6 heteroatoms. The lowest BCUT2D eigenvalue weighted by Crippen LogP contribution is -2.07. The summed E-state index contributed by atoms with van der Waals surface area (Å²) >= 11 is 1.43. The van der Waals surface area contributed by atoms with Gasteiger partial charge in [-0.05, 0) is 24.6 Å². The van der Waals surface area contributed by atoms with Crippen molar-refractivity contribution in [1.82, 2.24) is 9.97 Å². The number of aryl methyl sites for hydroxylation is 1. The maximum Gasteiger partial charge on any atom is 0.340 e. The number of imidazole rings is 1. The van der Waals surface area contributed by atoms with Gasteiger partial charge in [-0.2, -0.15) is 0 Å². The molecule has 18 heavy (non-hydrogen) atoms. The summed E-state index contributed by atoms with van der Waals surface area (Å²) in [4.78, 5) is 19.6. The second-order valence-electron chi connectivity index (χ2n) is 3.69. The Balaban J connectivity index is 2.38. The number of carbonyl (C=O) groups excluding carboxylic acids is 1. The Bertz CT molecular complexity index is 567. The number of carbonyl (C=O) groups is 1. The van der Waals surface area contributed by atoms with Crippen molar-refractivity contribution in [3.8, 4) is 0 Å². The maximum absolute atomic E-state index is 11.6. The van der Waals surface area contributed by atoms with Crippen LogP contribution in [0.5, 0.6) is 0 Å². The SMILES string of the molecule is COC(=O)c1cc(Sc2ncc[nH]2)cc(C)c1N. The van der Waals surface area contributed by atoms with E-state index in [2.05, 4.69) is 9.97 Å². The fraction of sp³-hybridized carbons (Fsp3) is 0.167. The third-order valence-electron chi connectivity index (χ3n) is 2.45. The number of esters is 1. The number of H-pyrrole nitrogens is 1. The molecule has 5 nitrogen and oxygen atoms in total. The Hall–Kier alpha value is -1.95. The highest BCUT2D eigenvalue weighted by molar-refractivity contribution is 7.99. The van der Waals surface area contributed by atoms with Gasteiger partial charge >= 0.3 is 5.97 Å². The van der Waals surface area contributed by atoms with Gasteiger partial charge in [-0.1, -0.05) is 11.8 Å². The third-order valence-corrected chi connectivity index (χ3v) is 3.34. The number of benzene rings is 1. The molecule has 1 aromatic carbocycles.